The maximum atomic E-state index is 12.6. The monoisotopic (exact) mass is 263 g/mol. The minimum atomic E-state index is -0.373. The van der Waals surface area contributed by atoms with Gasteiger partial charge in [0, 0.05) is 13.2 Å². The predicted octanol–water partition coefficient (Wildman–Crippen LogP) is 2.19. The van der Waals surface area contributed by atoms with Crippen LogP contribution in [0.5, 0.6) is 0 Å². The Kier molecular flexibility index (Phi) is 4.40. The Morgan fingerprint density at radius 2 is 1.89 bits per heavy atom. The zero-order valence-corrected chi connectivity index (χ0v) is 12.4. The topological polar surface area (TPSA) is 38.1 Å². The highest BCUT2D eigenvalue weighted by Crippen LogP contribution is 2.22. The van der Waals surface area contributed by atoms with E-state index in [4.69, 9.17) is 0 Å². The third kappa shape index (κ3) is 3.44. The van der Waals surface area contributed by atoms with Gasteiger partial charge in [0.2, 0.25) is 0 Å². The van der Waals surface area contributed by atoms with Crippen LogP contribution >= 0.6 is 0 Å². The fourth-order valence-corrected chi connectivity index (χ4v) is 2.74. The van der Waals surface area contributed by atoms with Crippen LogP contribution in [0.1, 0.15) is 45.2 Å². The zero-order chi connectivity index (χ0) is 13.9. The molecule has 0 radical (unpaired) electrons. The van der Waals surface area contributed by atoms with Gasteiger partial charge in [0.05, 0.1) is 17.7 Å². The summed E-state index contributed by atoms with van der Waals surface area (Å²) in [6.07, 6.45) is 7.33. The Morgan fingerprint density at radius 3 is 2.42 bits per heavy atom. The van der Waals surface area contributed by atoms with Gasteiger partial charge in [-0.3, -0.25) is 14.4 Å². The molecular weight excluding hydrogens is 238 g/mol. The molecule has 0 N–H and O–H groups in total. The molecule has 0 amide bonds. The van der Waals surface area contributed by atoms with Gasteiger partial charge >= 0.3 is 0 Å². The van der Waals surface area contributed by atoms with E-state index in [0.717, 1.165) is 18.8 Å². The summed E-state index contributed by atoms with van der Waals surface area (Å²) in [6.45, 7) is 6.20. The van der Waals surface area contributed by atoms with Crippen molar-refractivity contribution in [1.29, 1.82) is 0 Å². The minimum Gasteiger partial charge on any atom is -0.297 e. The number of nitrogens with zero attached hydrogens (tertiary/aromatic N) is 3. The second-order valence-electron chi connectivity index (χ2n) is 6.04. The van der Waals surface area contributed by atoms with Crippen molar-refractivity contribution in [3.63, 3.8) is 0 Å². The molecule has 1 aromatic heterocycles. The summed E-state index contributed by atoms with van der Waals surface area (Å²) < 4.78 is 1.75. The highest BCUT2D eigenvalue weighted by Gasteiger charge is 2.34. The molecule has 1 aliphatic heterocycles. The van der Waals surface area contributed by atoms with E-state index in [9.17, 15) is 4.79 Å². The number of hydrogen-bond acceptors (Lipinski definition) is 3. The van der Waals surface area contributed by atoms with Gasteiger partial charge in [0.25, 0.3) is 0 Å². The van der Waals surface area contributed by atoms with Crippen LogP contribution in [-0.2, 0) is 18.3 Å². The molecule has 4 heteroatoms. The molecule has 19 heavy (non-hydrogen) atoms. The molecule has 0 aromatic carbocycles. The summed E-state index contributed by atoms with van der Waals surface area (Å²) in [7, 11) is 1.88. The number of carbonyl (C=O) groups excluding carboxylic acids is 1. The first-order valence-corrected chi connectivity index (χ1v) is 7.27. The van der Waals surface area contributed by atoms with E-state index in [2.05, 4.69) is 23.8 Å². The van der Waals surface area contributed by atoms with Crippen LogP contribution in [0.2, 0.25) is 0 Å². The molecule has 1 aromatic rings. The molecule has 2 heterocycles. The molecule has 0 atom stereocenters. The molecule has 0 aliphatic carbocycles. The fourth-order valence-electron chi connectivity index (χ4n) is 2.74. The molecule has 4 nitrogen and oxygen atoms in total. The number of ketones is 1. The summed E-state index contributed by atoms with van der Waals surface area (Å²) in [6, 6.07) is 1.93. The average Bonchev–Trinajstić information content (AvgIpc) is 2.63. The Bertz CT molecular complexity index is 428. The van der Waals surface area contributed by atoms with Crippen LogP contribution in [0.4, 0.5) is 0 Å². The summed E-state index contributed by atoms with van der Waals surface area (Å²) in [5, 5.41) is 4.31. The quantitative estimate of drug-likeness (QED) is 0.835. The van der Waals surface area contributed by atoms with Crippen LogP contribution in [0.15, 0.2) is 12.3 Å². The van der Waals surface area contributed by atoms with E-state index >= 15 is 0 Å². The maximum Gasteiger partial charge on any atom is 0.158 e. The van der Waals surface area contributed by atoms with Crippen molar-refractivity contribution >= 4 is 5.78 Å². The third-order valence-corrected chi connectivity index (χ3v) is 4.19. The first-order chi connectivity index (χ1) is 9.00. The molecule has 2 rings (SSSR count). The van der Waals surface area contributed by atoms with E-state index in [0.29, 0.717) is 6.42 Å². The van der Waals surface area contributed by atoms with Gasteiger partial charge in [-0.05, 0) is 45.8 Å². The van der Waals surface area contributed by atoms with Crippen LogP contribution in [-0.4, -0.2) is 39.1 Å². The second-order valence-corrected chi connectivity index (χ2v) is 6.04. The smallest absolute Gasteiger partial charge is 0.158 e. The lowest BCUT2D eigenvalue weighted by Gasteiger charge is -2.36. The number of carbonyl (C=O) groups is 1. The normalized spacial score (nSPS) is 18.3. The predicted molar refractivity (Wildman–Crippen MR) is 76.0 cm³/mol. The van der Waals surface area contributed by atoms with Gasteiger partial charge in [-0.1, -0.05) is 12.8 Å². The Hall–Kier alpha value is -1.16. The standard InChI is InChI=1S/C15H25N3O/c1-15(2,18-9-6-4-5-7-10-18)14(19)12-13-8-11-17(3)16-13/h8,11H,4-7,9-10,12H2,1-3H3. The number of rotatable bonds is 4. The number of likely N-dealkylation sites (tertiary alicyclic amines) is 1. The van der Waals surface area contributed by atoms with Crippen molar-refractivity contribution in [3.8, 4) is 0 Å². The van der Waals surface area contributed by atoms with Gasteiger partial charge in [-0.2, -0.15) is 5.10 Å². The van der Waals surface area contributed by atoms with E-state index in [1.54, 1.807) is 4.68 Å². The van der Waals surface area contributed by atoms with Crippen molar-refractivity contribution in [3.05, 3.63) is 18.0 Å². The summed E-state index contributed by atoms with van der Waals surface area (Å²) in [5.41, 5.74) is 0.498. The number of Topliss-reactive ketones (excluding diaryl/α,β-unsaturated/α-hetero) is 1. The van der Waals surface area contributed by atoms with Gasteiger partial charge < -0.3 is 0 Å². The number of aromatic nitrogens is 2. The molecule has 1 fully saturated rings. The van der Waals surface area contributed by atoms with Gasteiger partial charge in [-0.15, -0.1) is 0 Å². The van der Waals surface area contributed by atoms with Crippen LogP contribution in [0, 0.1) is 0 Å². The van der Waals surface area contributed by atoms with Crippen LogP contribution in [0.25, 0.3) is 0 Å². The molecule has 0 saturated carbocycles. The highest BCUT2D eigenvalue weighted by atomic mass is 16.1. The van der Waals surface area contributed by atoms with Gasteiger partial charge in [0.15, 0.2) is 5.78 Å². The van der Waals surface area contributed by atoms with Crippen molar-refractivity contribution in [2.75, 3.05) is 13.1 Å². The van der Waals surface area contributed by atoms with E-state index in [1.165, 1.54) is 25.7 Å². The third-order valence-electron chi connectivity index (χ3n) is 4.19. The van der Waals surface area contributed by atoms with Crippen molar-refractivity contribution < 1.29 is 4.79 Å². The average molecular weight is 263 g/mol. The minimum absolute atomic E-state index is 0.271. The summed E-state index contributed by atoms with van der Waals surface area (Å²) >= 11 is 0. The maximum absolute atomic E-state index is 12.6. The summed E-state index contributed by atoms with van der Waals surface area (Å²) in [4.78, 5) is 14.9. The largest absolute Gasteiger partial charge is 0.297 e. The Morgan fingerprint density at radius 1 is 1.26 bits per heavy atom. The molecular formula is C15H25N3O. The van der Waals surface area contributed by atoms with Gasteiger partial charge in [-0.25, -0.2) is 0 Å². The Balaban J connectivity index is 2.02. The van der Waals surface area contributed by atoms with Crippen molar-refractivity contribution in [1.82, 2.24) is 14.7 Å². The summed E-state index contributed by atoms with van der Waals surface area (Å²) in [5.74, 6) is 0.271. The first-order valence-electron chi connectivity index (χ1n) is 7.27. The lowest BCUT2D eigenvalue weighted by atomic mass is 9.93. The second kappa shape index (κ2) is 5.87. The molecule has 106 valence electrons. The lowest BCUT2D eigenvalue weighted by molar-refractivity contribution is -0.128. The lowest BCUT2D eigenvalue weighted by Crippen LogP contribution is -2.51. The molecule has 0 bridgehead atoms. The molecule has 1 saturated heterocycles. The zero-order valence-electron chi connectivity index (χ0n) is 12.4. The molecule has 0 unspecified atom stereocenters. The number of hydrogen-bond donors (Lipinski definition) is 0. The first kappa shape index (κ1) is 14.3. The molecule has 1 aliphatic rings. The molecule has 0 spiro atoms. The fraction of sp³-hybridized carbons (Fsp3) is 0.733. The van der Waals surface area contributed by atoms with E-state index in [1.807, 2.05) is 19.3 Å². The van der Waals surface area contributed by atoms with Gasteiger partial charge in [0.1, 0.15) is 0 Å². The SMILES string of the molecule is Cn1ccc(CC(=O)C(C)(C)N2CCCCCC2)n1. The van der Waals surface area contributed by atoms with E-state index in [-0.39, 0.29) is 11.3 Å². The van der Waals surface area contributed by atoms with E-state index < -0.39 is 0 Å². The van der Waals surface area contributed by atoms with Crippen molar-refractivity contribution in [2.24, 2.45) is 7.05 Å². The van der Waals surface area contributed by atoms with Crippen LogP contribution in [0.3, 0.4) is 0 Å². The number of aryl methyl sites for hydroxylation is 1. The highest BCUT2D eigenvalue weighted by molar-refractivity contribution is 5.89. The van der Waals surface area contributed by atoms with Crippen molar-refractivity contribution in [2.45, 2.75) is 51.5 Å². The Labute approximate surface area is 115 Å². The van der Waals surface area contributed by atoms with Crippen LogP contribution < -0.4 is 0 Å².